The Morgan fingerprint density at radius 2 is 2.37 bits per heavy atom. The first kappa shape index (κ1) is 11.8. The minimum atomic E-state index is -0.408. The maximum absolute atomic E-state index is 12.0. The number of imidazole rings is 1. The predicted octanol–water partition coefficient (Wildman–Crippen LogP) is 1.07. The molecule has 0 aliphatic carbocycles. The average molecular weight is 257 g/mol. The van der Waals surface area contributed by atoms with Crippen LogP contribution < -0.4 is 10.1 Å². The van der Waals surface area contributed by atoms with Crippen molar-refractivity contribution in [1.82, 2.24) is 15.3 Å². The SMILES string of the molecule is O=C(NCCc1ncc[nH]1)C1Cc2ccccc2O1. The van der Waals surface area contributed by atoms with Crippen molar-refractivity contribution in [3.8, 4) is 5.75 Å². The number of para-hydroxylation sites is 1. The van der Waals surface area contributed by atoms with Gasteiger partial charge in [-0.1, -0.05) is 18.2 Å². The van der Waals surface area contributed by atoms with Gasteiger partial charge < -0.3 is 15.0 Å². The largest absolute Gasteiger partial charge is 0.480 e. The van der Waals surface area contributed by atoms with Crippen LogP contribution in [0.4, 0.5) is 0 Å². The van der Waals surface area contributed by atoms with E-state index in [0.29, 0.717) is 19.4 Å². The van der Waals surface area contributed by atoms with Crippen LogP contribution in [0.5, 0.6) is 5.75 Å². The van der Waals surface area contributed by atoms with Gasteiger partial charge in [0.15, 0.2) is 6.10 Å². The maximum atomic E-state index is 12.0. The fraction of sp³-hybridized carbons (Fsp3) is 0.286. The molecule has 5 nitrogen and oxygen atoms in total. The fourth-order valence-electron chi connectivity index (χ4n) is 2.18. The van der Waals surface area contributed by atoms with E-state index in [-0.39, 0.29) is 5.91 Å². The van der Waals surface area contributed by atoms with E-state index in [4.69, 9.17) is 4.74 Å². The van der Waals surface area contributed by atoms with Gasteiger partial charge in [0.05, 0.1) is 0 Å². The minimum Gasteiger partial charge on any atom is -0.480 e. The van der Waals surface area contributed by atoms with Gasteiger partial charge in [0, 0.05) is 31.8 Å². The number of aromatic amines is 1. The third-order valence-corrected chi connectivity index (χ3v) is 3.16. The molecular weight excluding hydrogens is 242 g/mol. The smallest absolute Gasteiger partial charge is 0.261 e. The van der Waals surface area contributed by atoms with Gasteiger partial charge in [-0.2, -0.15) is 0 Å². The Bertz CT molecular complexity index is 541. The van der Waals surface area contributed by atoms with Crippen molar-refractivity contribution in [1.29, 1.82) is 0 Å². The highest BCUT2D eigenvalue weighted by Crippen LogP contribution is 2.27. The molecule has 3 rings (SSSR count). The van der Waals surface area contributed by atoms with Crippen molar-refractivity contribution in [3.05, 3.63) is 48.0 Å². The molecule has 98 valence electrons. The molecule has 1 aliphatic heterocycles. The number of aromatic nitrogens is 2. The van der Waals surface area contributed by atoms with Crippen LogP contribution in [0, 0.1) is 0 Å². The lowest BCUT2D eigenvalue weighted by Crippen LogP contribution is -2.38. The molecule has 0 fully saturated rings. The molecular formula is C14H15N3O2. The van der Waals surface area contributed by atoms with Gasteiger partial charge in [0.2, 0.25) is 0 Å². The highest BCUT2D eigenvalue weighted by Gasteiger charge is 2.28. The summed E-state index contributed by atoms with van der Waals surface area (Å²) in [5, 5.41) is 2.87. The summed E-state index contributed by atoms with van der Waals surface area (Å²) in [6, 6.07) is 7.76. The zero-order chi connectivity index (χ0) is 13.1. The third kappa shape index (κ3) is 2.59. The van der Waals surface area contributed by atoms with E-state index in [1.54, 1.807) is 12.4 Å². The van der Waals surface area contributed by atoms with Crippen LogP contribution in [0.2, 0.25) is 0 Å². The van der Waals surface area contributed by atoms with Crippen LogP contribution >= 0.6 is 0 Å². The summed E-state index contributed by atoms with van der Waals surface area (Å²) in [5.41, 5.74) is 1.09. The van der Waals surface area contributed by atoms with Gasteiger partial charge in [-0.25, -0.2) is 4.98 Å². The predicted molar refractivity (Wildman–Crippen MR) is 69.9 cm³/mol. The molecule has 2 N–H and O–H groups in total. The highest BCUT2D eigenvalue weighted by molar-refractivity contribution is 5.82. The average Bonchev–Trinajstić information content (AvgIpc) is 3.07. The summed E-state index contributed by atoms with van der Waals surface area (Å²) in [6.07, 6.45) is 4.40. The first-order valence-corrected chi connectivity index (χ1v) is 6.33. The Labute approximate surface area is 111 Å². The van der Waals surface area contributed by atoms with E-state index in [1.807, 2.05) is 24.3 Å². The topological polar surface area (TPSA) is 67.0 Å². The Hall–Kier alpha value is -2.30. The van der Waals surface area contributed by atoms with Crippen LogP contribution in [0.25, 0.3) is 0 Å². The van der Waals surface area contributed by atoms with Crippen LogP contribution in [0.15, 0.2) is 36.7 Å². The van der Waals surface area contributed by atoms with Crippen molar-refractivity contribution in [2.24, 2.45) is 0 Å². The summed E-state index contributed by atoms with van der Waals surface area (Å²) in [4.78, 5) is 19.1. The molecule has 0 saturated carbocycles. The van der Waals surface area contributed by atoms with Gasteiger partial charge in [0.25, 0.3) is 5.91 Å². The molecule has 2 heterocycles. The molecule has 1 atom stereocenters. The van der Waals surface area contributed by atoms with Crippen LogP contribution in [-0.2, 0) is 17.6 Å². The molecule has 0 bridgehead atoms. The van der Waals surface area contributed by atoms with E-state index in [2.05, 4.69) is 15.3 Å². The molecule has 1 aliphatic rings. The van der Waals surface area contributed by atoms with Gasteiger partial charge in [-0.05, 0) is 11.6 Å². The van der Waals surface area contributed by atoms with E-state index < -0.39 is 6.10 Å². The Balaban J connectivity index is 1.50. The fourth-order valence-corrected chi connectivity index (χ4v) is 2.18. The van der Waals surface area contributed by atoms with Crippen LogP contribution in [0.1, 0.15) is 11.4 Å². The number of H-pyrrole nitrogens is 1. The number of benzene rings is 1. The Morgan fingerprint density at radius 1 is 1.47 bits per heavy atom. The van der Waals surface area contributed by atoms with Gasteiger partial charge in [-0.15, -0.1) is 0 Å². The normalized spacial score (nSPS) is 16.7. The van der Waals surface area contributed by atoms with Crippen molar-refractivity contribution in [3.63, 3.8) is 0 Å². The van der Waals surface area contributed by atoms with Crippen LogP contribution in [0.3, 0.4) is 0 Å². The second-order valence-corrected chi connectivity index (χ2v) is 4.50. The van der Waals surface area contributed by atoms with Crippen molar-refractivity contribution < 1.29 is 9.53 Å². The van der Waals surface area contributed by atoms with Crippen molar-refractivity contribution >= 4 is 5.91 Å². The minimum absolute atomic E-state index is 0.0669. The van der Waals surface area contributed by atoms with E-state index in [0.717, 1.165) is 17.1 Å². The summed E-state index contributed by atoms with van der Waals surface area (Å²) >= 11 is 0. The molecule has 1 unspecified atom stereocenters. The number of ether oxygens (including phenoxy) is 1. The highest BCUT2D eigenvalue weighted by atomic mass is 16.5. The standard InChI is InChI=1S/C14H15N3O2/c18-14(17-6-5-13-15-7-8-16-13)12-9-10-3-1-2-4-11(10)19-12/h1-4,7-8,12H,5-6,9H2,(H,15,16)(H,17,18). The monoisotopic (exact) mass is 257 g/mol. The first-order valence-electron chi connectivity index (χ1n) is 6.33. The van der Waals surface area contributed by atoms with Crippen molar-refractivity contribution in [2.45, 2.75) is 18.9 Å². The number of hydrogen-bond donors (Lipinski definition) is 2. The number of carbonyl (C=O) groups is 1. The molecule has 1 amide bonds. The van der Waals surface area contributed by atoms with E-state index in [1.165, 1.54) is 0 Å². The van der Waals surface area contributed by atoms with E-state index >= 15 is 0 Å². The Morgan fingerprint density at radius 3 is 3.16 bits per heavy atom. The number of nitrogens with zero attached hydrogens (tertiary/aromatic N) is 1. The van der Waals surface area contributed by atoms with E-state index in [9.17, 15) is 4.79 Å². The zero-order valence-electron chi connectivity index (χ0n) is 10.4. The molecule has 0 spiro atoms. The molecule has 1 aromatic carbocycles. The lowest BCUT2D eigenvalue weighted by atomic mass is 10.1. The number of amides is 1. The second-order valence-electron chi connectivity index (χ2n) is 4.50. The number of hydrogen-bond acceptors (Lipinski definition) is 3. The zero-order valence-corrected chi connectivity index (χ0v) is 10.4. The molecule has 5 heteroatoms. The van der Waals surface area contributed by atoms with Gasteiger partial charge >= 0.3 is 0 Å². The lowest BCUT2D eigenvalue weighted by Gasteiger charge is -2.10. The summed E-state index contributed by atoms with van der Waals surface area (Å²) in [6.45, 7) is 0.558. The maximum Gasteiger partial charge on any atom is 0.261 e. The number of rotatable bonds is 4. The van der Waals surface area contributed by atoms with Gasteiger partial charge in [0.1, 0.15) is 11.6 Å². The lowest BCUT2D eigenvalue weighted by molar-refractivity contribution is -0.127. The number of nitrogens with one attached hydrogen (secondary N) is 2. The number of fused-ring (bicyclic) bond motifs is 1. The first-order chi connectivity index (χ1) is 9.33. The summed E-state index contributed by atoms with van der Waals surface area (Å²) < 4.78 is 5.62. The quantitative estimate of drug-likeness (QED) is 0.861. The van der Waals surface area contributed by atoms with Gasteiger partial charge in [-0.3, -0.25) is 4.79 Å². The molecule has 0 radical (unpaired) electrons. The number of carbonyl (C=O) groups excluding carboxylic acids is 1. The summed E-state index contributed by atoms with van der Waals surface area (Å²) in [7, 11) is 0. The summed E-state index contributed by atoms with van der Waals surface area (Å²) in [5.74, 6) is 1.62. The molecule has 0 saturated heterocycles. The molecule has 1 aromatic heterocycles. The molecule has 2 aromatic rings. The Kier molecular flexibility index (Phi) is 3.18. The molecule has 19 heavy (non-hydrogen) atoms. The third-order valence-electron chi connectivity index (χ3n) is 3.16. The second kappa shape index (κ2) is 5.14. The van der Waals surface area contributed by atoms with Crippen molar-refractivity contribution in [2.75, 3.05) is 6.54 Å². The van der Waals surface area contributed by atoms with Crippen LogP contribution in [-0.4, -0.2) is 28.5 Å².